The summed E-state index contributed by atoms with van der Waals surface area (Å²) < 4.78 is 23.8. The number of unbranched alkanes of at least 4 members (excludes halogenated alkanes) is 1. The average molecular weight is 292 g/mol. The molecule has 0 saturated heterocycles. The predicted octanol–water partition coefficient (Wildman–Crippen LogP) is 2.66. The Balaban J connectivity index is 0.00000289. The van der Waals surface area contributed by atoms with Crippen molar-refractivity contribution in [2.75, 3.05) is 12.3 Å². The molecule has 0 saturated carbocycles. The molecule has 1 aromatic carbocycles. The summed E-state index contributed by atoms with van der Waals surface area (Å²) >= 11 is 0. The zero-order valence-electron chi connectivity index (χ0n) is 10.9. The van der Waals surface area contributed by atoms with Gasteiger partial charge in [-0.25, -0.2) is 8.42 Å². The van der Waals surface area contributed by atoms with Crippen LogP contribution in [0.15, 0.2) is 35.2 Å². The van der Waals surface area contributed by atoms with Crippen LogP contribution in [-0.2, 0) is 9.84 Å². The average Bonchev–Trinajstić information content (AvgIpc) is 2.29. The summed E-state index contributed by atoms with van der Waals surface area (Å²) in [6.07, 6.45) is 1.60. The summed E-state index contributed by atoms with van der Waals surface area (Å²) in [7, 11) is -3.09. The van der Waals surface area contributed by atoms with Gasteiger partial charge in [-0.2, -0.15) is 0 Å². The highest BCUT2D eigenvalue weighted by molar-refractivity contribution is 7.91. The maximum absolute atomic E-state index is 11.9. The van der Waals surface area contributed by atoms with Gasteiger partial charge in [0, 0.05) is 6.04 Å². The SMILES string of the molecule is CC(C)NCCCCS(=O)(=O)c1ccccc1.Cl. The summed E-state index contributed by atoms with van der Waals surface area (Å²) in [5, 5.41) is 3.28. The third-order valence-electron chi connectivity index (χ3n) is 2.49. The first kappa shape index (κ1) is 17.4. The van der Waals surface area contributed by atoms with E-state index in [0.717, 1.165) is 13.0 Å². The molecule has 104 valence electrons. The number of hydrogen-bond donors (Lipinski definition) is 1. The Morgan fingerprint density at radius 1 is 1.11 bits per heavy atom. The summed E-state index contributed by atoms with van der Waals surface area (Å²) in [6, 6.07) is 9.11. The second-order valence-electron chi connectivity index (χ2n) is 4.45. The summed E-state index contributed by atoms with van der Waals surface area (Å²) in [5.74, 6) is 0.233. The highest BCUT2D eigenvalue weighted by atomic mass is 35.5. The molecule has 0 radical (unpaired) electrons. The number of benzene rings is 1. The van der Waals surface area contributed by atoms with Gasteiger partial charge >= 0.3 is 0 Å². The Morgan fingerprint density at radius 2 is 1.72 bits per heavy atom. The van der Waals surface area contributed by atoms with Crippen molar-refractivity contribution in [2.24, 2.45) is 0 Å². The lowest BCUT2D eigenvalue weighted by Crippen LogP contribution is -2.24. The molecule has 0 aliphatic rings. The van der Waals surface area contributed by atoms with E-state index in [1.165, 1.54) is 0 Å². The van der Waals surface area contributed by atoms with E-state index in [1.807, 2.05) is 6.07 Å². The summed E-state index contributed by atoms with van der Waals surface area (Å²) in [4.78, 5) is 0.428. The minimum Gasteiger partial charge on any atom is -0.315 e. The van der Waals surface area contributed by atoms with E-state index in [2.05, 4.69) is 19.2 Å². The fraction of sp³-hybridized carbons (Fsp3) is 0.538. The van der Waals surface area contributed by atoms with E-state index in [4.69, 9.17) is 0 Å². The highest BCUT2D eigenvalue weighted by Gasteiger charge is 2.12. The quantitative estimate of drug-likeness (QED) is 0.786. The number of sulfone groups is 1. The fourth-order valence-corrected chi connectivity index (χ4v) is 2.95. The predicted molar refractivity (Wildman–Crippen MR) is 78.1 cm³/mol. The second-order valence-corrected chi connectivity index (χ2v) is 6.56. The molecular weight excluding hydrogens is 270 g/mol. The fourth-order valence-electron chi connectivity index (χ4n) is 1.55. The molecule has 0 spiro atoms. The molecule has 0 atom stereocenters. The molecule has 0 aliphatic carbocycles. The Labute approximate surface area is 116 Å². The van der Waals surface area contributed by atoms with E-state index in [1.54, 1.807) is 24.3 Å². The maximum atomic E-state index is 11.9. The van der Waals surface area contributed by atoms with E-state index in [-0.39, 0.29) is 18.2 Å². The molecule has 0 bridgehead atoms. The van der Waals surface area contributed by atoms with Crippen molar-refractivity contribution < 1.29 is 8.42 Å². The first-order valence-corrected chi connectivity index (χ1v) is 7.69. The maximum Gasteiger partial charge on any atom is 0.178 e. The summed E-state index contributed by atoms with van der Waals surface area (Å²) in [5.41, 5.74) is 0. The molecule has 0 aromatic heterocycles. The minimum absolute atomic E-state index is 0. The number of hydrogen-bond acceptors (Lipinski definition) is 3. The Morgan fingerprint density at radius 3 is 2.28 bits per heavy atom. The van der Waals surface area contributed by atoms with Gasteiger partial charge in [-0.1, -0.05) is 32.0 Å². The van der Waals surface area contributed by atoms with Crippen LogP contribution >= 0.6 is 12.4 Å². The zero-order chi connectivity index (χ0) is 12.7. The van der Waals surface area contributed by atoms with Crippen LogP contribution in [0.1, 0.15) is 26.7 Å². The van der Waals surface area contributed by atoms with Crippen LogP contribution in [0.25, 0.3) is 0 Å². The lowest BCUT2D eigenvalue weighted by Gasteiger charge is -2.08. The lowest BCUT2D eigenvalue weighted by atomic mass is 10.3. The van der Waals surface area contributed by atoms with E-state index in [0.29, 0.717) is 17.4 Å². The van der Waals surface area contributed by atoms with E-state index in [9.17, 15) is 8.42 Å². The van der Waals surface area contributed by atoms with Crippen LogP contribution in [0, 0.1) is 0 Å². The Kier molecular flexibility index (Phi) is 8.24. The summed E-state index contributed by atoms with van der Waals surface area (Å²) in [6.45, 7) is 5.05. The van der Waals surface area contributed by atoms with Crippen LogP contribution in [0.3, 0.4) is 0 Å². The third-order valence-corrected chi connectivity index (χ3v) is 4.31. The van der Waals surface area contributed by atoms with Gasteiger partial charge in [0.2, 0.25) is 0 Å². The molecule has 1 aromatic rings. The van der Waals surface area contributed by atoms with Crippen LogP contribution < -0.4 is 5.32 Å². The molecular formula is C13H22ClNO2S. The standard InChI is InChI=1S/C13H21NO2S.ClH/c1-12(2)14-10-6-7-11-17(15,16)13-8-4-3-5-9-13;/h3-5,8-9,12,14H,6-7,10-11H2,1-2H3;1H. The van der Waals surface area contributed by atoms with Gasteiger partial charge in [0.1, 0.15) is 0 Å². The van der Waals surface area contributed by atoms with Crippen LogP contribution in [0.2, 0.25) is 0 Å². The topological polar surface area (TPSA) is 46.2 Å². The smallest absolute Gasteiger partial charge is 0.178 e. The molecule has 0 aliphatic heterocycles. The van der Waals surface area contributed by atoms with Gasteiger partial charge < -0.3 is 5.32 Å². The minimum atomic E-state index is -3.09. The number of rotatable bonds is 7. The van der Waals surface area contributed by atoms with Crippen LogP contribution in [0.4, 0.5) is 0 Å². The largest absolute Gasteiger partial charge is 0.315 e. The Hall–Kier alpha value is -0.580. The van der Waals surface area contributed by atoms with Crippen molar-refractivity contribution in [2.45, 2.75) is 37.6 Å². The first-order chi connectivity index (χ1) is 8.02. The highest BCUT2D eigenvalue weighted by Crippen LogP contribution is 2.11. The van der Waals surface area contributed by atoms with E-state index < -0.39 is 9.84 Å². The van der Waals surface area contributed by atoms with E-state index >= 15 is 0 Å². The second kappa shape index (κ2) is 8.51. The molecule has 0 unspecified atom stereocenters. The van der Waals surface area contributed by atoms with Gasteiger partial charge in [-0.15, -0.1) is 12.4 Å². The van der Waals surface area contributed by atoms with Crippen molar-refractivity contribution in [3.63, 3.8) is 0 Å². The van der Waals surface area contributed by atoms with Gasteiger partial charge in [0.25, 0.3) is 0 Å². The molecule has 1 N–H and O–H groups in total. The van der Waals surface area contributed by atoms with Crippen LogP contribution in [-0.4, -0.2) is 26.8 Å². The molecule has 18 heavy (non-hydrogen) atoms. The van der Waals surface area contributed by atoms with Gasteiger partial charge in [-0.05, 0) is 31.5 Å². The number of halogens is 1. The van der Waals surface area contributed by atoms with Crippen molar-refractivity contribution in [1.29, 1.82) is 0 Å². The molecule has 0 heterocycles. The van der Waals surface area contributed by atoms with Crippen molar-refractivity contribution in [3.8, 4) is 0 Å². The molecule has 3 nitrogen and oxygen atoms in total. The number of nitrogens with one attached hydrogen (secondary N) is 1. The molecule has 1 rings (SSSR count). The zero-order valence-corrected chi connectivity index (χ0v) is 12.6. The van der Waals surface area contributed by atoms with Crippen molar-refractivity contribution in [1.82, 2.24) is 5.32 Å². The Bertz CT molecular complexity index is 418. The third kappa shape index (κ3) is 6.38. The van der Waals surface area contributed by atoms with Gasteiger partial charge in [0.15, 0.2) is 9.84 Å². The normalized spacial score (nSPS) is 11.3. The molecule has 0 fully saturated rings. The lowest BCUT2D eigenvalue weighted by molar-refractivity contribution is 0.560. The van der Waals surface area contributed by atoms with Crippen molar-refractivity contribution in [3.05, 3.63) is 30.3 Å². The van der Waals surface area contributed by atoms with Gasteiger partial charge in [0.05, 0.1) is 10.6 Å². The molecule has 5 heteroatoms. The van der Waals surface area contributed by atoms with Gasteiger partial charge in [-0.3, -0.25) is 0 Å². The van der Waals surface area contributed by atoms with Crippen molar-refractivity contribution >= 4 is 22.2 Å². The first-order valence-electron chi connectivity index (χ1n) is 6.03. The molecule has 0 amide bonds. The van der Waals surface area contributed by atoms with Crippen LogP contribution in [0.5, 0.6) is 0 Å². The monoisotopic (exact) mass is 291 g/mol.